The van der Waals surface area contributed by atoms with E-state index in [9.17, 15) is 0 Å². The molecule has 5 nitrogen and oxygen atoms in total. The minimum atomic E-state index is -0.200. The number of hydrogen-bond donors (Lipinski definition) is 1. The molecule has 3 aromatic carbocycles. The smallest absolute Gasteiger partial charge is 0.258 e. The van der Waals surface area contributed by atoms with Crippen molar-refractivity contribution in [1.82, 2.24) is 15.5 Å². The molecule has 0 bridgehead atoms. The summed E-state index contributed by atoms with van der Waals surface area (Å²) in [6.45, 7) is 4.09. The minimum absolute atomic E-state index is 0.200. The predicted molar refractivity (Wildman–Crippen MR) is 131 cm³/mol. The molecule has 2 heterocycles. The highest BCUT2D eigenvalue weighted by molar-refractivity contribution is 7.80. The molecule has 158 valence electrons. The maximum atomic E-state index is 5.81. The van der Waals surface area contributed by atoms with Crippen LogP contribution in [0.4, 0.5) is 5.69 Å². The van der Waals surface area contributed by atoms with Gasteiger partial charge in [0.1, 0.15) is 0 Å². The number of aromatic nitrogens is 2. The number of nitrogens with one attached hydrogen (secondary N) is 1. The van der Waals surface area contributed by atoms with E-state index in [2.05, 4.69) is 28.7 Å². The van der Waals surface area contributed by atoms with Crippen LogP contribution in [0.3, 0.4) is 0 Å². The van der Waals surface area contributed by atoms with Gasteiger partial charge >= 0.3 is 0 Å². The van der Waals surface area contributed by atoms with Gasteiger partial charge in [0, 0.05) is 16.9 Å². The van der Waals surface area contributed by atoms with Gasteiger partial charge in [0.15, 0.2) is 5.11 Å². The molecule has 1 aliphatic rings. The Morgan fingerprint density at radius 1 is 0.906 bits per heavy atom. The van der Waals surface area contributed by atoms with Crippen LogP contribution >= 0.6 is 12.2 Å². The van der Waals surface area contributed by atoms with Crippen LogP contribution in [-0.2, 0) is 0 Å². The Morgan fingerprint density at radius 2 is 1.62 bits per heavy atom. The molecule has 1 unspecified atom stereocenters. The van der Waals surface area contributed by atoms with Gasteiger partial charge in [-0.05, 0) is 49.8 Å². The number of para-hydroxylation sites is 1. The quantitative estimate of drug-likeness (QED) is 0.400. The first-order chi connectivity index (χ1) is 15.6. The minimum Gasteiger partial charge on any atom is -0.351 e. The van der Waals surface area contributed by atoms with Crippen LogP contribution in [0.1, 0.15) is 30.0 Å². The Hall–Kier alpha value is -3.77. The van der Waals surface area contributed by atoms with Crippen molar-refractivity contribution in [3.63, 3.8) is 0 Å². The SMILES string of the molecule is CC1=C(c2nc(-c3cccc(C)c3)no2)C(c2ccccc2)NC(=S)N1c1ccccc1. The molecular weight excluding hydrogens is 416 g/mol. The number of benzene rings is 3. The molecule has 6 heteroatoms. The van der Waals surface area contributed by atoms with E-state index in [0.717, 1.165) is 33.6 Å². The summed E-state index contributed by atoms with van der Waals surface area (Å²) in [4.78, 5) is 6.79. The Kier molecular flexibility index (Phi) is 5.29. The summed E-state index contributed by atoms with van der Waals surface area (Å²) in [6, 6.07) is 28.1. The second kappa shape index (κ2) is 8.40. The number of aryl methyl sites for hydroxylation is 1. The van der Waals surface area contributed by atoms with Crippen LogP contribution < -0.4 is 10.2 Å². The van der Waals surface area contributed by atoms with Crippen LogP contribution in [-0.4, -0.2) is 15.3 Å². The van der Waals surface area contributed by atoms with Crippen LogP contribution in [0.5, 0.6) is 0 Å². The Labute approximate surface area is 192 Å². The maximum Gasteiger partial charge on any atom is 0.258 e. The van der Waals surface area contributed by atoms with Gasteiger partial charge in [-0.2, -0.15) is 4.98 Å². The van der Waals surface area contributed by atoms with Crippen molar-refractivity contribution in [1.29, 1.82) is 0 Å². The second-order valence-corrected chi connectivity index (χ2v) is 8.14. The molecular formula is C26H22N4OS. The van der Waals surface area contributed by atoms with Crippen LogP contribution in [0.25, 0.3) is 17.0 Å². The average molecular weight is 439 g/mol. The van der Waals surface area contributed by atoms with Crippen molar-refractivity contribution in [2.75, 3.05) is 4.90 Å². The molecule has 0 fully saturated rings. The molecule has 0 spiro atoms. The summed E-state index contributed by atoms with van der Waals surface area (Å²) in [5.41, 5.74) is 5.98. The third kappa shape index (κ3) is 3.69. The van der Waals surface area contributed by atoms with E-state index < -0.39 is 0 Å². The topological polar surface area (TPSA) is 54.2 Å². The zero-order chi connectivity index (χ0) is 22.1. The maximum absolute atomic E-state index is 5.81. The van der Waals surface area contributed by atoms with E-state index in [0.29, 0.717) is 16.8 Å². The number of nitrogens with zero attached hydrogens (tertiary/aromatic N) is 3. The fourth-order valence-electron chi connectivity index (χ4n) is 4.04. The van der Waals surface area contributed by atoms with E-state index in [-0.39, 0.29) is 6.04 Å². The highest BCUT2D eigenvalue weighted by atomic mass is 32.1. The molecule has 0 amide bonds. The first-order valence-corrected chi connectivity index (χ1v) is 10.8. The number of hydrogen-bond acceptors (Lipinski definition) is 4. The van der Waals surface area contributed by atoms with Gasteiger partial charge in [-0.1, -0.05) is 77.5 Å². The van der Waals surface area contributed by atoms with Gasteiger partial charge in [0.05, 0.1) is 11.6 Å². The lowest BCUT2D eigenvalue weighted by Crippen LogP contribution is -2.46. The molecule has 4 aromatic rings. The molecule has 1 N–H and O–H groups in total. The molecule has 1 aliphatic heterocycles. The first kappa shape index (κ1) is 20.2. The van der Waals surface area contributed by atoms with Crippen molar-refractivity contribution in [3.05, 3.63) is 108 Å². The van der Waals surface area contributed by atoms with Crippen molar-refractivity contribution in [3.8, 4) is 11.4 Å². The van der Waals surface area contributed by atoms with Crippen LogP contribution in [0, 0.1) is 6.92 Å². The molecule has 0 radical (unpaired) electrons. The third-order valence-electron chi connectivity index (χ3n) is 5.56. The zero-order valence-electron chi connectivity index (χ0n) is 17.8. The fraction of sp³-hybridized carbons (Fsp3) is 0.115. The van der Waals surface area contributed by atoms with Crippen molar-refractivity contribution >= 4 is 28.6 Å². The lowest BCUT2D eigenvalue weighted by atomic mass is 9.94. The van der Waals surface area contributed by atoms with Crippen molar-refractivity contribution < 1.29 is 4.52 Å². The number of anilines is 1. The average Bonchev–Trinajstić information content (AvgIpc) is 3.30. The highest BCUT2D eigenvalue weighted by Crippen LogP contribution is 2.39. The molecule has 0 aliphatic carbocycles. The number of thiocarbonyl (C=S) groups is 1. The van der Waals surface area contributed by atoms with Gasteiger partial charge in [0.25, 0.3) is 5.89 Å². The lowest BCUT2D eigenvalue weighted by molar-refractivity contribution is 0.404. The number of rotatable bonds is 4. The van der Waals surface area contributed by atoms with Gasteiger partial charge in [-0.25, -0.2) is 0 Å². The predicted octanol–water partition coefficient (Wildman–Crippen LogP) is 5.91. The Balaban J connectivity index is 1.66. The number of allylic oxidation sites excluding steroid dienone is 1. The lowest BCUT2D eigenvalue weighted by Gasteiger charge is -2.37. The molecule has 5 rings (SSSR count). The highest BCUT2D eigenvalue weighted by Gasteiger charge is 2.34. The largest absolute Gasteiger partial charge is 0.351 e. The van der Waals surface area contributed by atoms with Gasteiger partial charge < -0.3 is 9.84 Å². The second-order valence-electron chi connectivity index (χ2n) is 7.76. The molecule has 0 saturated carbocycles. The van der Waals surface area contributed by atoms with Gasteiger partial charge in [0.2, 0.25) is 5.82 Å². The van der Waals surface area contributed by atoms with Crippen molar-refractivity contribution in [2.45, 2.75) is 19.9 Å². The summed E-state index contributed by atoms with van der Waals surface area (Å²) in [5.74, 6) is 1.04. The fourth-order valence-corrected chi connectivity index (χ4v) is 4.40. The van der Waals surface area contributed by atoms with E-state index in [4.69, 9.17) is 21.7 Å². The van der Waals surface area contributed by atoms with Crippen LogP contribution in [0.2, 0.25) is 0 Å². The third-order valence-corrected chi connectivity index (χ3v) is 5.87. The first-order valence-electron chi connectivity index (χ1n) is 10.4. The van der Waals surface area contributed by atoms with E-state index in [1.165, 1.54) is 0 Å². The van der Waals surface area contributed by atoms with E-state index >= 15 is 0 Å². The van der Waals surface area contributed by atoms with E-state index in [1.807, 2.05) is 85.5 Å². The van der Waals surface area contributed by atoms with Crippen LogP contribution in [0.15, 0.2) is 95.1 Å². The Morgan fingerprint density at radius 3 is 2.34 bits per heavy atom. The van der Waals surface area contributed by atoms with E-state index in [1.54, 1.807) is 0 Å². The van der Waals surface area contributed by atoms with Crippen molar-refractivity contribution in [2.24, 2.45) is 0 Å². The van der Waals surface area contributed by atoms with Gasteiger partial charge in [-0.15, -0.1) is 0 Å². The van der Waals surface area contributed by atoms with Gasteiger partial charge in [-0.3, -0.25) is 4.90 Å². The monoisotopic (exact) mass is 438 g/mol. The normalized spacial score (nSPS) is 16.2. The Bertz CT molecular complexity index is 1300. The summed E-state index contributed by atoms with van der Waals surface area (Å²) in [6.07, 6.45) is 0. The summed E-state index contributed by atoms with van der Waals surface area (Å²) in [7, 11) is 0. The molecule has 0 saturated heterocycles. The summed E-state index contributed by atoms with van der Waals surface area (Å²) >= 11 is 5.78. The standard InChI is InChI=1S/C26H22N4OS/c1-17-10-9-13-20(16-17)24-28-25(31-29-24)22-18(2)30(21-14-7-4-8-15-21)26(32)27-23(22)19-11-5-3-6-12-19/h3-16,23H,1-2H3,(H,27,32). The summed E-state index contributed by atoms with van der Waals surface area (Å²) < 4.78 is 5.81. The molecule has 1 aromatic heterocycles. The summed E-state index contributed by atoms with van der Waals surface area (Å²) in [5, 5.41) is 8.40. The zero-order valence-corrected chi connectivity index (χ0v) is 18.6. The molecule has 1 atom stereocenters. The molecule has 32 heavy (non-hydrogen) atoms.